The van der Waals surface area contributed by atoms with Gasteiger partial charge in [-0.2, -0.15) is 0 Å². The normalized spacial score (nSPS) is 22.1. The van der Waals surface area contributed by atoms with E-state index in [-0.39, 0.29) is 5.66 Å². The first-order valence-electron chi connectivity index (χ1n) is 5.74. The van der Waals surface area contributed by atoms with E-state index in [0.29, 0.717) is 0 Å². The third-order valence-electron chi connectivity index (χ3n) is 3.48. The van der Waals surface area contributed by atoms with Gasteiger partial charge in [0.15, 0.2) is 5.66 Å². The Morgan fingerprint density at radius 2 is 1.88 bits per heavy atom. The summed E-state index contributed by atoms with van der Waals surface area (Å²) >= 11 is 0. The molecule has 1 aromatic heterocycles. The molecule has 3 rings (SSSR count). The van der Waals surface area contributed by atoms with Gasteiger partial charge in [-0.05, 0) is 31.2 Å². The van der Waals surface area contributed by atoms with Crippen molar-refractivity contribution in [1.29, 1.82) is 0 Å². The van der Waals surface area contributed by atoms with E-state index in [1.165, 1.54) is 5.69 Å². The Morgan fingerprint density at radius 3 is 2.59 bits per heavy atom. The molecule has 1 unspecified atom stereocenters. The van der Waals surface area contributed by atoms with Gasteiger partial charge >= 0.3 is 0 Å². The molecule has 3 nitrogen and oxygen atoms in total. The average molecular weight is 225 g/mol. The van der Waals surface area contributed by atoms with E-state index in [9.17, 15) is 0 Å². The number of pyridine rings is 1. The summed E-state index contributed by atoms with van der Waals surface area (Å²) in [5.41, 5.74) is 3.12. The van der Waals surface area contributed by atoms with Gasteiger partial charge in [-0.3, -0.25) is 4.98 Å². The second kappa shape index (κ2) is 3.48. The summed E-state index contributed by atoms with van der Waals surface area (Å²) in [7, 11) is 2.09. The zero-order chi connectivity index (χ0) is 11.9. The minimum absolute atomic E-state index is 0.273. The van der Waals surface area contributed by atoms with E-state index in [4.69, 9.17) is 0 Å². The molecule has 86 valence electrons. The molecule has 1 aromatic carbocycles. The lowest BCUT2D eigenvalue weighted by molar-refractivity contribution is 0.537. The van der Waals surface area contributed by atoms with Crippen LogP contribution in [0.25, 0.3) is 0 Å². The summed E-state index contributed by atoms with van der Waals surface area (Å²) < 4.78 is 0. The van der Waals surface area contributed by atoms with Gasteiger partial charge in [0.1, 0.15) is 0 Å². The molecule has 0 aliphatic carbocycles. The average Bonchev–Trinajstić information content (AvgIpc) is 2.65. The molecule has 0 bridgehead atoms. The summed E-state index contributed by atoms with van der Waals surface area (Å²) in [5, 5.41) is 3.54. The number of hydrogen-bond acceptors (Lipinski definition) is 3. The molecule has 1 aliphatic rings. The molecule has 0 fully saturated rings. The van der Waals surface area contributed by atoms with Gasteiger partial charge < -0.3 is 10.2 Å². The molecule has 0 amide bonds. The van der Waals surface area contributed by atoms with E-state index >= 15 is 0 Å². The maximum atomic E-state index is 4.46. The smallest absolute Gasteiger partial charge is 0.151 e. The SMILES string of the molecule is CN1c2ccccc2NC1(C)c1ccccn1. The number of rotatable bonds is 1. The number of benzene rings is 1. The predicted molar refractivity (Wildman–Crippen MR) is 70.1 cm³/mol. The molecular weight excluding hydrogens is 210 g/mol. The van der Waals surface area contributed by atoms with Crippen LogP contribution in [0.15, 0.2) is 48.7 Å². The minimum Gasteiger partial charge on any atom is -0.356 e. The number of nitrogens with one attached hydrogen (secondary N) is 1. The molecule has 1 aliphatic heterocycles. The largest absolute Gasteiger partial charge is 0.356 e. The molecular formula is C14H15N3. The molecule has 0 saturated heterocycles. The summed E-state index contributed by atoms with van der Waals surface area (Å²) in [6, 6.07) is 14.3. The topological polar surface area (TPSA) is 28.2 Å². The van der Waals surface area contributed by atoms with Crippen LogP contribution >= 0.6 is 0 Å². The Kier molecular flexibility index (Phi) is 2.08. The summed E-state index contributed by atoms with van der Waals surface area (Å²) in [5.74, 6) is 0. The Labute approximate surface area is 101 Å². The van der Waals surface area contributed by atoms with Crippen molar-refractivity contribution in [3.63, 3.8) is 0 Å². The molecule has 1 atom stereocenters. The zero-order valence-corrected chi connectivity index (χ0v) is 10.0. The first-order chi connectivity index (χ1) is 8.22. The molecule has 2 heterocycles. The number of aromatic nitrogens is 1. The lowest BCUT2D eigenvalue weighted by Crippen LogP contribution is -2.43. The number of nitrogens with zero attached hydrogens (tertiary/aromatic N) is 2. The van der Waals surface area contributed by atoms with Crippen molar-refractivity contribution in [2.75, 3.05) is 17.3 Å². The van der Waals surface area contributed by atoms with Gasteiger partial charge in [-0.15, -0.1) is 0 Å². The van der Waals surface area contributed by atoms with Gasteiger partial charge in [0.05, 0.1) is 17.1 Å². The van der Waals surface area contributed by atoms with Crippen LogP contribution in [0.4, 0.5) is 11.4 Å². The van der Waals surface area contributed by atoms with Crippen LogP contribution in [0.2, 0.25) is 0 Å². The van der Waals surface area contributed by atoms with Crippen molar-refractivity contribution in [2.24, 2.45) is 0 Å². The Hall–Kier alpha value is -2.03. The fraction of sp³-hybridized carbons (Fsp3) is 0.214. The third-order valence-corrected chi connectivity index (χ3v) is 3.48. The highest BCUT2D eigenvalue weighted by Gasteiger charge is 2.39. The quantitative estimate of drug-likeness (QED) is 0.809. The molecule has 17 heavy (non-hydrogen) atoms. The van der Waals surface area contributed by atoms with Crippen LogP contribution in [-0.4, -0.2) is 12.0 Å². The van der Waals surface area contributed by atoms with Crippen molar-refractivity contribution < 1.29 is 0 Å². The fourth-order valence-electron chi connectivity index (χ4n) is 2.35. The molecule has 0 saturated carbocycles. The van der Waals surface area contributed by atoms with Crippen LogP contribution in [0.1, 0.15) is 12.6 Å². The lowest BCUT2D eigenvalue weighted by atomic mass is 10.1. The highest BCUT2D eigenvalue weighted by molar-refractivity contribution is 5.77. The van der Waals surface area contributed by atoms with Crippen molar-refractivity contribution >= 4 is 11.4 Å². The zero-order valence-electron chi connectivity index (χ0n) is 10.0. The van der Waals surface area contributed by atoms with Crippen molar-refractivity contribution in [1.82, 2.24) is 4.98 Å². The van der Waals surface area contributed by atoms with Crippen LogP contribution in [0.5, 0.6) is 0 Å². The fourth-order valence-corrected chi connectivity index (χ4v) is 2.35. The second-order valence-corrected chi connectivity index (χ2v) is 4.49. The first-order valence-corrected chi connectivity index (χ1v) is 5.74. The molecule has 1 N–H and O–H groups in total. The van der Waals surface area contributed by atoms with Gasteiger partial charge in [-0.1, -0.05) is 18.2 Å². The van der Waals surface area contributed by atoms with Gasteiger partial charge in [-0.25, -0.2) is 0 Å². The lowest BCUT2D eigenvalue weighted by Gasteiger charge is -2.33. The number of hydrogen-bond donors (Lipinski definition) is 1. The van der Waals surface area contributed by atoms with Crippen molar-refractivity contribution in [3.8, 4) is 0 Å². The van der Waals surface area contributed by atoms with E-state index in [1.54, 1.807) is 0 Å². The van der Waals surface area contributed by atoms with Crippen molar-refractivity contribution in [2.45, 2.75) is 12.6 Å². The van der Waals surface area contributed by atoms with Gasteiger partial charge in [0.2, 0.25) is 0 Å². The molecule has 2 aromatic rings. The van der Waals surface area contributed by atoms with Crippen LogP contribution in [0, 0.1) is 0 Å². The number of fused-ring (bicyclic) bond motifs is 1. The molecule has 3 heteroatoms. The maximum absolute atomic E-state index is 4.46. The van der Waals surface area contributed by atoms with Crippen LogP contribution in [0.3, 0.4) is 0 Å². The van der Waals surface area contributed by atoms with E-state index in [1.807, 2.05) is 24.4 Å². The van der Waals surface area contributed by atoms with Crippen LogP contribution in [-0.2, 0) is 5.66 Å². The van der Waals surface area contributed by atoms with E-state index in [0.717, 1.165) is 11.4 Å². The summed E-state index contributed by atoms with van der Waals surface area (Å²) in [6.07, 6.45) is 1.83. The van der Waals surface area contributed by atoms with Gasteiger partial charge in [0.25, 0.3) is 0 Å². The van der Waals surface area contributed by atoms with E-state index in [2.05, 4.69) is 53.4 Å². The second-order valence-electron chi connectivity index (χ2n) is 4.49. The van der Waals surface area contributed by atoms with E-state index < -0.39 is 0 Å². The number of para-hydroxylation sites is 2. The molecule has 0 spiro atoms. The predicted octanol–water partition coefficient (Wildman–Crippen LogP) is 2.82. The highest BCUT2D eigenvalue weighted by Crippen LogP contribution is 2.42. The van der Waals surface area contributed by atoms with Crippen LogP contribution < -0.4 is 10.2 Å². The summed E-state index contributed by atoms with van der Waals surface area (Å²) in [4.78, 5) is 6.69. The third kappa shape index (κ3) is 1.39. The Bertz CT molecular complexity index is 538. The standard InChI is InChI=1S/C14H15N3/c1-14(13-9-5-6-10-15-13)16-11-7-3-4-8-12(11)17(14)2/h3-10,16H,1-2H3. The highest BCUT2D eigenvalue weighted by atomic mass is 15.4. The Balaban J connectivity index is 2.09. The van der Waals surface area contributed by atoms with Crippen molar-refractivity contribution in [3.05, 3.63) is 54.4 Å². The first kappa shape index (κ1) is 10.1. The summed E-state index contributed by atoms with van der Waals surface area (Å²) in [6.45, 7) is 2.15. The number of anilines is 2. The maximum Gasteiger partial charge on any atom is 0.151 e. The minimum atomic E-state index is -0.273. The van der Waals surface area contributed by atoms with Gasteiger partial charge in [0, 0.05) is 13.2 Å². The molecule has 0 radical (unpaired) electrons. The monoisotopic (exact) mass is 225 g/mol. The Morgan fingerprint density at radius 1 is 1.12 bits per heavy atom.